The Bertz CT molecular complexity index is 272. The first-order valence-electron chi connectivity index (χ1n) is 5.67. The molecule has 100 valence electrons. The van der Waals surface area contributed by atoms with Crippen LogP contribution in [0.5, 0.6) is 0 Å². The zero-order valence-electron chi connectivity index (χ0n) is 9.40. The number of aliphatic hydroxyl groups excluding tert-OH is 4. The van der Waals surface area contributed by atoms with Gasteiger partial charge in [-0.15, -0.1) is 0 Å². The summed E-state index contributed by atoms with van der Waals surface area (Å²) in [5.41, 5.74) is 5.52. The summed E-state index contributed by atoms with van der Waals surface area (Å²) in [6.07, 6.45) is -5.38. The lowest BCUT2D eigenvalue weighted by Gasteiger charge is -2.42. The summed E-state index contributed by atoms with van der Waals surface area (Å²) in [4.78, 5) is 0. The maximum absolute atomic E-state index is 9.70. The number of rotatable bonds is 3. The zero-order valence-corrected chi connectivity index (χ0v) is 9.40. The van der Waals surface area contributed by atoms with Gasteiger partial charge in [0, 0.05) is 0 Å². The maximum Gasteiger partial charge on any atom is 0.183 e. The normalized spacial score (nSPS) is 45.4. The molecule has 17 heavy (non-hydrogen) atoms. The first-order valence-corrected chi connectivity index (χ1v) is 5.67. The zero-order chi connectivity index (χ0) is 12.6. The van der Waals surface area contributed by atoms with E-state index in [1.807, 2.05) is 0 Å². The van der Waals surface area contributed by atoms with E-state index in [1.165, 1.54) is 0 Å². The predicted octanol–water partition coefficient (Wildman–Crippen LogP) is -2.71. The van der Waals surface area contributed by atoms with Gasteiger partial charge in [0.05, 0.1) is 24.9 Å². The summed E-state index contributed by atoms with van der Waals surface area (Å²) < 4.78 is 10.0. The van der Waals surface area contributed by atoms with Crippen molar-refractivity contribution in [3.05, 3.63) is 0 Å². The second-order valence-electron chi connectivity index (χ2n) is 4.93. The standard InChI is InChI=1S/C10H19NO6/c11-10(3-16-4-10)2-1-5-6(12)7(13)8(14)9(15)17-5/h5-9,12-15H,1-4,11H2/t5-,6-,7+,8+,9+/m1/s1. The highest BCUT2D eigenvalue weighted by Crippen LogP contribution is 2.27. The third-order valence-electron chi connectivity index (χ3n) is 3.39. The van der Waals surface area contributed by atoms with Crippen molar-refractivity contribution in [3.63, 3.8) is 0 Å². The van der Waals surface area contributed by atoms with Crippen molar-refractivity contribution in [2.75, 3.05) is 13.2 Å². The van der Waals surface area contributed by atoms with Gasteiger partial charge in [0.2, 0.25) is 0 Å². The molecule has 0 amide bonds. The molecule has 7 nitrogen and oxygen atoms in total. The van der Waals surface area contributed by atoms with Crippen molar-refractivity contribution in [1.82, 2.24) is 0 Å². The molecule has 0 aliphatic carbocycles. The lowest BCUT2D eigenvalue weighted by Crippen LogP contribution is -2.60. The quantitative estimate of drug-likeness (QED) is 0.368. The van der Waals surface area contributed by atoms with Crippen LogP contribution in [0.25, 0.3) is 0 Å². The Morgan fingerprint density at radius 2 is 1.71 bits per heavy atom. The smallest absolute Gasteiger partial charge is 0.183 e. The fourth-order valence-corrected chi connectivity index (χ4v) is 2.11. The average molecular weight is 249 g/mol. The third-order valence-corrected chi connectivity index (χ3v) is 3.39. The Morgan fingerprint density at radius 3 is 2.24 bits per heavy atom. The van der Waals surface area contributed by atoms with E-state index in [2.05, 4.69) is 0 Å². The Morgan fingerprint density at radius 1 is 1.06 bits per heavy atom. The molecule has 0 radical (unpaired) electrons. The molecule has 2 aliphatic heterocycles. The van der Waals surface area contributed by atoms with E-state index >= 15 is 0 Å². The number of ether oxygens (including phenoxy) is 2. The van der Waals surface area contributed by atoms with Crippen LogP contribution in [0.3, 0.4) is 0 Å². The maximum atomic E-state index is 9.70. The van der Waals surface area contributed by atoms with Crippen LogP contribution in [0.15, 0.2) is 0 Å². The average Bonchev–Trinajstić information content (AvgIpc) is 2.27. The molecule has 0 unspecified atom stereocenters. The van der Waals surface area contributed by atoms with Crippen LogP contribution in [-0.4, -0.2) is 69.9 Å². The lowest BCUT2D eigenvalue weighted by molar-refractivity contribution is -0.283. The van der Waals surface area contributed by atoms with Crippen LogP contribution in [0.4, 0.5) is 0 Å². The fourth-order valence-electron chi connectivity index (χ4n) is 2.11. The van der Waals surface area contributed by atoms with Crippen LogP contribution >= 0.6 is 0 Å². The second-order valence-corrected chi connectivity index (χ2v) is 4.93. The molecule has 5 atom stereocenters. The summed E-state index contributed by atoms with van der Waals surface area (Å²) in [5.74, 6) is 0. The van der Waals surface area contributed by atoms with Crippen molar-refractivity contribution >= 4 is 0 Å². The van der Waals surface area contributed by atoms with E-state index in [1.54, 1.807) is 0 Å². The Balaban J connectivity index is 1.87. The van der Waals surface area contributed by atoms with E-state index in [9.17, 15) is 20.4 Å². The molecule has 0 spiro atoms. The third kappa shape index (κ3) is 2.60. The van der Waals surface area contributed by atoms with Crippen LogP contribution in [-0.2, 0) is 9.47 Å². The van der Waals surface area contributed by atoms with Gasteiger partial charge in [-0.05, 0) is 12.8 Å². The Labute approximate surface area is 98.8 Å². The molecule has 2 fully saturated rings. The highest BCUT2D eigenvalue weighted by atomic mass is 16.6. The van der Waals surface area contributed by atoms with Gasteiger partial charge in [0.25, 0.3) is 0 Å². The molecule has 2 aliphatic rings. The first kappa shape index (κ1) is 13.2. The largest absolute Gasteiger partial charge is 0.388 e. The van der Waals surface area contributed by atoms with Gasteiger partial charge >= 0.3 is 0 Å². The summed E-state index contributed by atoms with van der Waals surface area (Å²) in [5, 5.41) is 37.8. The monoisotopic (exact) mass is 249 g/mol. The molecular weight excluding hydrogens is 230 g/mol. The van der Waals surface area contributed by atoms with E-state index in [0.29, 0.717) is 26.1 Å². The fraction of sp³-hybridized carbons (Fsp3) is 1.00. The molecule has 7 heteroatoms. The molecular formula is C10H19NO6. The number of aliphatic hydroxyl groups is 4. The van der Waals surface area contributed by atoms with Gasteiger partial charge in [-0.25, -0.2) is 0 Å². The van der Waals surface area contributed by atoms with Gasteiger partial charge in [0.1, 0.15) is 18.3 Å². The number of hydrogen-bond donors (Lipinski definition) is 5. The Kier molecular flexibility index (Phi) is 3.69. The van der Waals surface area contributed by atoms with Gasteiger partial charge in [-0.3, -0.25) is 0 Å². The summed E-state index contributed by atoms with van der Waals surface area (Å²) >= 11 is 0. The van der Waals surface area contributed by atoms with Gasteiger partial charge in [-0.1, -0.05) is 0 Å². The molecule has 0 aromatic heterocycles. The van der Waals surface area contributed by atoms with Gasteiger partial charge in [-0.2, -0.15) is 0 Å². The second kappa shape index (κ2) is 4.77. The van der Waals surface area contributed by atoms with Crippen molar-refractivity contribution in [1.29, 1.82) is 0 Å². The first-order chi connectivity index (χ1) is 7.93. The van der Waals surface area contributed by atoms with E-state index < -0.39 is 36.2 Å². The molecule has 0 aromatic carbocycles. The summed E-state index contributed by atoms with van der Waals surface area (Å²) in [6.45, 7) is 0.924. The molecule has 2 heterocycles. The predicted molar refractivity (Wildman–Crippen MR) is 55.9 cm³/mol. The number of hydrogen-bond acceptors (Lipinski definition) is 7. The van der Waals surface area contributed by atoms with E-state index in [0.717, 1.165) is 0 Å². The van der Waals surface area contributed by atoms with Crippen molar-refractivity contribution < 1.29 is 29.9 Å². The minimum atomic E-state index is -1.49. The van der Waals surface area contributed by atoms with E-state index in [-0.39, 0.29) is 0 Å². The molecule has 0 bridgehead atoms. The topological polar surface area (TPSA) is 125 Å². The minimum Gasteiger partial charge on any atom is -0.388 e. The molecule has 6 N–H and O–H groups in total. The lowest BCUT2D eigenvalue weighted by atomic mass is 9.88. The molecule has 0 saturated carbocycles. The SMILES string of the molecule is NC1(CC[C@H]2O[C@H](O)[C@@H](O)[C@@H](O)[C@@H]2O)COC1. The highest BCUT2D eigenvalue weighted by molar-refractivity contribution is 4.94. The van der Waals surface area contributed by atoms with Crippen molar-refractivity contribution in [2.45, 2.75) is 49.1 Å². The molecule has 2 saturated heterocycles. The Hall–Kier alpha value is -0.280. The van der Waals surface area contributed by atoms with Gasteiger partial charge < -0.3 is 35.6 Å². The highest BCUT2D eigenvalue weighted by Gasteiger charge is 2.44. The van der Waals surface area contributed by atoms with Crippen LogP contribution in [0.2, 0.25) is 0 Å². The minimum absolute atomic E-state index is 0.391. The van der Waals surface area contributed by atoms with Crippen LogP contribution in [0.1, 0.15) is 12.8 Å². The molecule has 0 aromatic rings. The summed E-state index contributed by atoms with van der Waals surface area (Å²) in [7, 11) is 0. The summed E-state index contributed by atoms with van der Waals surface area (Å²) in [6, 6.07) is 0. The van der Waals surface area contributed by atoms with Crippen molar-refractivity contribution in [2.24, 2.45) is 5.73 Å². The molecule has 2 rings (SSSR count). The van der Waals surface area contributed by atoms with Crippen LogP contribution < -0.4 is 5.73 Å². The number of nitrogens with two attached hydrogens (primary N) is 1. The van der Waals surface area contributed by atoms with Gasteiger partial charge in [0.15, 0.2) is 6.29 Å². The van der Waals surface area contributed by atoms with Crippen LogP contribution in [0, 0.1) is 0 Å². The van der Waals surface area contributed by atoms with Crippen molar-refractivity contribution in [3.8, 4) is 0 Å². The van der Waals surface area contributed by atoms with E-state index in [4.69, 9.17) is 15.2 Å².